The Balaban J connectivity index is 1.45. The summed E-state index contributed by atoms with van der Waals surface area (Å²) in [5.74, 6) is -0.272. The number of para-hydroxylation sites is 1. The molecule has 0 unspecified atom stereocenters. The second-order valence-corrected chi connectivity index (χ2v) is 10.2. The van der Waals surface area contributed by atoms with Crippen LogP contribution in [-0.2, 0) is 16.6 Å². The third-order valence-corrected chi connectivity index (χ3v) is 7.97. The highest BCUT2D eigenvalue weighted by atomic mass is 32.2. The van der Waals surface area contributed by atoms with Crippen molar-refractivity contribution in [1.82, 2.24) is 14.5 Å². The summed E-state index contributed by atoms with van der Waals surface area (Å²) in [7, 11) is -1.42. The van der Waals surface area contributed by atoms with E-state index in [-0.39, 0.29) is 10.8 Å². The van der Waals surface area contributed by atoms with Crippen LogP contribution >= 0.6 is 0 Å². The van der Waals surface area contributed by atoms with E-state index in [1.54, 1.807) is 18.2 Å². The normalized spacial score (nSPS) is 18.3. The second kappa shape index (κ2) is 9.38. The Morgan fingerprint density at radius 1 is 0.935 bits per heavy atom. The summed E-state index contributed by atoms with van der Waals surface area (Å²) < 4.78 is 27.1. The van der Waals surface area contributed by atoms with Gasteiger partial charge >= 0.3 is 0 Å². The number of nitrogens with one attached hydrogen (secondary N) is 1. The zero-order valence-electron chi connectivity index (χ0n) is 18.0. The molecule has 2 aromatic carbocycles. The van der Waals surface area contributed by atoms with Gasteiger partial charge in [0.15, 0.2) is 0 Å². The van der Waals surface area contributed by atoms with Gasteiger partial charge < -0.3 is 15.1 Å². The van der Waals surface area contributed by atoms with Crippen molar-refractivity contribution in [2.45, 2.75) is 24.3 Å². The number of nitrogens with zero attached hydrogens (tertiary/aromatic N) is 3. The van der Waals surface area contributed by atoms with Crippen molar-refractivity contribution >= 4 is 21.6 Å². The van der Waals surface area contributed by atoms with Gasteiger partial charge in [-0.3, -0.25) is 4.79 Å². The van der Waals surface area contributed by atoms with Gasteiger partial charge in [-0.15, -0.1) is 0 Å². The molecule has 8 heteroatoms. The van der Waals surface area contributed by atoms with Crippen molar-refractivity contribution in [2.24, 2.45) is 0 Å². The Bertz CT molecular complexity index is 1030. The monoisotopic (exact) mass is 442 g/mol. The number of piperazine rings is 1. The molecule has 0 bridgehead atoms. The number of benzene rings is 2. The highest BCUT2D eigenvalue weighted by Crippen LogP contribution is 2.23. The standard InChI is InChI=1S/C23H30N4O3S/c1-25-13-15-26(16-14-25)22-10-3-2-7-20(22)18-24-23(28)19-8-6-9-21(17-19)31(29,30)27-11-4-5-12-27/h2-3,6-10,17H,4-5,11-16,18H2,1H3,(H,24,28). The van der Waals surface area contributed by atoms with Gasteiger partial charge in [-0.25, -0.2) is 8.42 Å². The highest BCUT2D eigenvalue weighted by Gasteiger charge is 2.27. The fourth-order valence-corrected chi connectivity index (χ4v) is 5.73. The average Bonchev–Trinajstić information content (AvgIpc) is 3.34. The number of hydrogen-bond donors (Lipinski definition) is 1. The average molecular weight is 443 g/mol. The molecule has 0 spiro atoms. The van der Waals surface area contributed by atoms with E-state index in [2.05, 4.69) is 28.2 Å². The third kappa shape index (κ3) is 4.92. The molecule has 2 saturated heterocycles. The summed E-state index contributed by atoms with van der Waals surface area (Å²) >= 11 is 0. The third-order valence-electron chi connectivity index (χ3n) is 6.07. The first kappa shape index (κ1) is 21.8. The van der Waals surface area contributed by atoms with E-state index in [1.807, 2.05) is 18.2 Å². The Kier molecular flexibility index (Phi) is 6.60. The molecule has 0 saturated carbocycles. The molecule has 2 fully saturated rings. The molecule has 0 aliphatic carbocycles. The van der Waals surface area contributed by atoms with Crippen LogP contribution in [0, 0.1) is 0 Å². The van der Waals surface area contributed by atoms with Gasteiger partial charge in [0.1, 0.15) is 0 Å². The number of carbonyl (C=O) groups is 1. The van der Waals surface area contributed by atoms with Gasteiger partial charge in [0.05, 0.1) is 4.90 Å². The molecule has 2 heterocycles. The minimum Gasteiger partial charge on any atom is -0.369 e. The van der Waals surface area contributed by atoms with Gasteiger partial charge in [-0.05, 0) is 49.7 Å². The lowest BCUT2D eigenvalue weighted by Gasteiger charge is -2.35. The van der Waals surface area contributed by atoms with Crippen molar-refractivity contribution in [3.05, 3.63) is 59.7 Å². The number of rotatable bonds is 6. The van der Waals surface area contributed by atoms with E-state index in [0.717, 1.165) is 50.3 Å². The molecule has 0 atom stereocenters. The van der Waals surface area contributed by atoms with Crippen molar-refractivity contribution in [1.29, 1.82) is 0 Å². The molecule has 7 nitrogen and oxygen atoms in total. The SMILES string of the molecule is CN1CCN(c2ccccc2CNC(=O)c2cccc(S(=O)(=O)N3CCCC3)c2)CC1. The summed E-state index contributed by atoms with van der Waals surface area (Å²) in [5, 5.41) is 2.97. The van der Waals surface area contributed by atoms with E-state index in [1.165, 1.54) is 10.4 Å². The van der Waals surface area contributed by atoms with Gasteiger partial charge in [-0.2, -0.15) is 4.31 Å². The van der Waals surface area contributed by atoms with Crippen LogP contribution in [0.1, 0.15) is 28.8 Å². The van der Waals surface area contributed by atoms with Crippen LogP contribution in [0.15, 0.2) is 53.4 Å². The predicted octanol–water partition coefficient (Wildman–Crippen LogP) is 2.15. The number of amides is 1. The number of likely N-dealkylation sites (N-methyl/N-ethyl adjacent to an activating group) is 1. The Morgan fingerprint density at radius 3 is 2.39 bits per heavy atom. The second-order valence-electron chi connectivity index (χ2n) is 8.24. The Hall–Kier alpha value is -2.42. The van der Waals surface area contributed by atoms with Gasteiger partial charge in [0.2, 0.25) is 10.0 Å². The zero-order valence-corrected chi connectivity index (χ0v) is 18.8. The van der Waals surface area contributed by atoms with Crippen LogP contribution in [0.2, 0.25) is 0 Å². The highest BCUT2D eigenvalue weighted by molar-refractivity contribution is 7.89. The van der Waals surface area contributed by atoms with Crippen molar-refractivity contribution in [3.8, 4) is 0 Å². The van der Waals surface area contributed by atoms with Crippen molar-refractivity contribution in [3.63, 3.8) is 0 Å². The van der Waals surface area contributed by atoms with Crippen molar-refractivity contribution in [2.75, 3.05) is 51.2 Å². The van der Waals surface area contributed by atoms with Crippen LogP contribution < -0.4 is 10.2 Å². The fourth-order valence-electron chi connectivity index (χ4n) is 4.17. The molecule has 2 aromatic rings. The molecule has 1 amide bonds. The summed E-state index contributed by atoms with van der Waals surface area (Å²) in [4.78, 5) is 17.7. The molecule has 4 rings (SSSR count). The first-order valence-electron chi connectivity index (χ1n) is 10.8. The molecule has 0 aromatic heterocycles. The largest absolute Gasteiger partial charge is 0.369 e. The number of carbonyl (C=O) groups excluding carboxylic acids is 1. The van der Waals surface area contributed by atoms with Crippen LogP contribution in [0.3, 0.4) is 0 Å². The lowest BCUT2D eigenvalue weighted by molar-refractivity contribution is 0.0950. The number of anilines is 1. The van der Waals surface area contributed by atoms with Crippen molar-refractivity contribution < 1.29 is 13.2 Å². The lowest BCUT2D eigenvalue weighted by Crippen LogP contribution is -2.45. The zero-order chi connectivity index (χ0) is 21.8. The van der Waals surface area contributed by atoms with Crippen LogP contribution in [0.4, 0.5) is 5.69 Å². The molecule has 31 heavy (non-hydrogen) atoms. The summed E-state index contributed by atoms with van der Waals surface area (Å²) in [6.07, 6.45) is 1.76. The topological polar surface area (TPSA) is 73.0 Å². The van der Waals surface area contributed by atoms with E-state index >= 15 is 0 Å². The number of hydrogen-bond acceptors (Lipinski definition) is 5. The van der Waals surface area contributed by atoms with Crippen LogP contribution in [0.25, 0.3) is 0 Å². The summed E-state index contributed by atoms with van der Waals surface area (Å²) in [5.41, 5.74) is 2.56. The summed E-state index contributed by atoms with van der Waals surface area (Å²) in [6, 6.07) is 14.5. The predicted molar refractivity (Wildman–Crippen MR) is 122 cm³/mol. The smallest absolute Gasteiger partial charge is 0.251 e. The molecule has 166 valence electrons. The van der Waals surface area contributed by atoms with E-state index in [0.29, 0.717) is 25.2 Å². The summed E-state index contributed by atoms with van der Waals surface area (Å²) in [6.45, 7) is 5.42. The minimum absolute atomic E-state index is 0.180. The quantitative estimate of drug-likeness (QED) is 0.742. The maximum atomic E-state index is 12.8. The number of sulfonamides is 1. The maximum Gasteiger partial charge on any atom is 0.251 e. The minimum atomic E-state index is -3.54. The molecule has 1 N–H and O–H groups in total. The molecular formula is C23H30N4O3S. The molecule has 2 aliphatic rings. The van der Waals surface area contributed by atoms with Gasteiger partial charge in [0.25, 0.3) is 5.91 Å². The fraction of sp³-hybridized carbons (Fsp3) is 0.435. The van der Waals surface area contributed by atoms with Gasteiger partial charge in [0, 0.05) is 57.1 Å². The van der Waals surface area contributed by atoms with Crippen LogP contribution in [0.5, 0.6) is 0 Å². The first-order chi connectivity index (χ1) is 14.9. The van der Waals surface area contributed by atoms with Crippen LogP contribution in [-0.4, -0.2) is 69.8 Å². The Labute approximate surface area is 184 Å². The lowest BCUT2D eigenvalue weighted by atomic mass is 10.1. The van der Waals surface area contributed by atoms with Gasteiger partial charge in [-0.1, -0.05) is 24.3 Å². The maximum absolute atomic E-state index is 12.8. The first-order valence-corrected chi connectivity index (χ1v) is 12.3. The van der Waals surface area contributed by atoms with E-state index in [9.17, 15) is 13.2 Å². The molecule has 2 aliphatic heterocycles. The van der Waals surface area contributed by atoms with E-state index in [4.69, 9.17) is 0 Å². The Morgan fingerprint density at radius 2 is 1.65 bits per heavy atom. The molecular weight excluding hydrogens is 412 g/mol. The molecule has 0 radical (unpaired) electrons. The van der Waals surface area contributed by atoms with E-state index < -0.39 is 10.0 Å².